The van der Waals surface area contributed by atoms with Crippen LogP contribution in [0.2, 0.25) is 0 Å². The van der Waals surface area contributed by atoms with Crippen LogP contribution in [0.25, 0.3) is 5.69 Å². The molecule has 1 heterocycles. The van der Waals surface area contributed by atoms with Crippen LogP contribution in [0, 0.1) is 20.8 Å². The number of carboxylic acid groups (broad SMARTS) is 1. The number of benzene rings is 1. The summed E-state index contributed by atoms with van der Waals surface area (Å²) in [6, 6.07) is 5.10. The van der Waals surface area contributed by atoms with Gasteiger partial charge < -0.3 is 9.67 Å². The molecule has 0 amide bonds. The third-order valence-electron chi connectivity index (χ3n) is 2.71. The van der Waals surface area contributed by atoms with E-state index in [1.165, 1.54) is 0 Å². The van der Waals surface area contributed by atoms with Crippen molar-refractivity contribution in [3.8, 4) is 5.69 Å². The summed E-state index contributed by atoms with van der Waals surface area (Å²) in [6.07, 6.45) is 1.94. The van der Waals surface area contributed by atoms with E-state index in [0.717, 1.165) is 22.8 Å². The molecular weight excluding hydrogens is 216 g/mol. The number of aromatic nitrogens is 2. The summed E-state index contributed by atoms with van der Waals surface area (Å²) >= 11 is 0. The lowest BCUT2D eigenvalue weighted by molar-refractivity contribution is 0.0697. The molecule has 2 rings (SSSR count). The van der Waals surface area contributed by atoms with Gasteiger partial charge in [0.1, 0.15) is 5.82 Å². The van der Waals surface area contributed by atoms with Crippen LogP contribution in [0.1, 0.15) is 27.4 Å². The fraction of sp³-hybridized carbons (Fsp3) is 0.231. The normalized spacial score (nSPS) is 10.5. The summed E-state index contributed by atoms with van der Waals surface area (Å²) in [4.78, 5) is 15.2. The van der Waals surface area contributed by atoms with Crippen LogP contribution in [-0.4, -0.2) is 20.6 Å². The lowest BCUT2D eigenvalue weighted by Gasteiger charge is -2.09. The van der Waals surface area contributed by atoms with Crippen molar-refractivity contribution in [1.29, 1.82) is 0 Å². The number of nitrogens with zero attached hydrogens (tertiary/aromatic N) is 2. The molecule has 0 atom stereocenters. The van der Waals surface area contributed by atoms with Gasteiger partial charge in [-0.15, -0.1) is 0 Å². The third-order valence-corrected chi connectivity index (χ3v) is 2.71. The second-order valence-electron chi connectivity index (χ2n) is 4.11. The van der Waals surface area contributed by atoms with Gasteiger partial charge >= 0.3 is 5.97 Å². The van der Waals surface area contributed by atoms with Gasteiger partial charge in [-0.2, -0.15) is 0 Å². The molecule has 0 aliphatic rings. The number of aryl methyl sites for hydroxylation is 3. The first-order valence-electron chi connectivity index (χ1n) is 5.36. The molecule has 1 N–H and O–H groups in total. The van der Waals surface area contributed by atoms with Gasteiger partial charge in [0.15, 0.2) is 0 Å². The Morgan fingerprint density at radius 3 is 2.47 bits per heavy atom. The van der Waals surface area contributed by atoms with E-state index in [-0.39, 0.29) is 0 Å². The Kier molecular flexibility index (Phi) is 2.71. The molecule has 0 spiro atoms. The van der Waals surface area contributed by atoms with E-state index in [1.807, 2.05) is 37.6 Å². The number of carbonyl (C=O) groups is 1. The van der Waals surface area contributed by atoms with E-state index in [9.17, 15) is 4.79 Å². The molecule has 0 saturated carbocycles. The quantitative estimate of drug-likeness (QED) is 0.862. The average molecular weight is 230 g/mol. The summed E-state index contributed by atoms with van der Waals surface area (Å²) in [6.45, 7) is 5.76. The molecule has 88 valence electrons. The number of imidazole rings is 1. The number of hydrogen-bond donors (Lipinski definition) is 1. The van der Waals surface area contributed by atoms with Crippen LogP contribution in [-0.2, 0) is 0 Å². The van der Waals surface area contributed by atoms with E-state index in [0.29, 0.717) is 5.56 Å². The molecule has 1 aromatic heterocycles. The first kappa shape index (κ1) is 11.4. The second kappa shape index (κ2) is 4.05. The highest BCUT2D eigenvalue weighted by Crippen LogP contribution is 2.18. The Bertz CT molecular complexity index is 585. The van der Waals surface area contributed by atoms with Gasteiger partial charge in [0.05, 0.1) is 11.3 Å². The fourth-order valence-corrected chi connectivity index (χ4v) is 1.92. The summed E-state index contributed by atoms with van der Waals surface area (Å²) < 4.78 is 1.97. The van der Waals surface area contributed by atoms with Gasteiger partial charge in [-0.3, -0.25) is 0 Å². The fourth-order valence-electron chi connectivity index (χ4n) is 1.92. The summed E-state index contributed by atoms with van der Waals surface area (Å²) in [5, 5.41) is 8.91. The first-order chi connectivity index (χ1) is 7.99. The zero-order chi connectivity index (χ0) is 12.6. The van der Waals surface area contributed by atoms with E-state index in [2.05, 4.69) is 4.98 Å². The van der Waals surface area contributed by atoms with Crippen LogP contribution in [0.4, 0.5) is 0 Å². The van der Waals surface area contributed by atoms with Crippen molar-refractivity contribution in [2.45, 2.75) is 20.8 Å². The Morgan fingerprint density at radius 2 is 2.00 bits per heavy atom. The van der Waals surface area contributed by atoms with Gasteiger partial charge in [0, 0.05) is 11.9 Å². The summed E-state index contributed by atoms with van der Waals surface area (Å²) in [5.41, 5.74) is 3.14. The van der Waals surface area contributed by atoms with Crippen molar-refractivity contribution >= 4 is 5.97 Å². The minimum atomic E-state index is -0.904. The van der Waals surface area contributed by atoms with Crippen molar-refractivity contribution in [1.82, 2.24) is 9.55 Å². The van der Waals surface area contributed by atoms with Gasteiger partial charge in [0.2, 0.25) is 0 Å². The highest BCUT2D eigenvalue weighted by atomic mass is 16.4. The standard InChI is InChI=1S/C13H14N2O2/c1-8-6-11(13(16)17)4-5-12(8)15-7-9(2)14-10(15)3/h4-7H,1-3H3,(H,16,17). The third kappa shape index (κ3) is 2.06. The number of aromatic carboxylic acids is 1. The van der Waals surface area contributed by atoms with Gasteiger partial charge in [-0.25, -0.2) is 9.78 Å². The van der Waals surface area contributed by atoms with Crippen molar-refractivity contribution in [2.24, 2.45) is 0 Å². The van der Waals surface area contributed by atoms with Crippen LogP contribution in [0.15, 0.2) is 24.4 Å². The molecule has 0 unspecified atom stereocenters. The number of carboxylic acids is 1. The first-order valence-corrected chi connectivity index (χ1v) is 5.36. The molecule has 0 aliphatic heterocycles. The van der Waals surface area contributed by atoms with E-state index < -0.39 is 5.97 Å². The monoisotopic (exact) mass is 230 g/mol. The molecule has 4 nitrogen and oxygen atoms in total. The van der Waals surface area contributed by atoms with E-state index in [1.54, 1.807) is 12.1 Å². The highest BCUT2D eigenvalue weighted by molar-refractivity contribution is 5.88. The predicted octanol–water partition coefficient (Wildman–Crippen LogP) is 2.50. The van der Waals surface area contributed by atoms with Crippen LogP contribution in [0.3, 0.4) is 0 Å². The maximum absolute atomic E-state index is 10.9. The van der Waals surface area contributed by atoms with E-state index in [4.69, 9.17) is 5.11 Å². The Labute approximate surface area is 99.5 Å². The average Bonchev–Trinajstić information content (AvgIpc) is 2.57. The number of hydrogen-bond acceptors (Lipinski definition) is 2. The maximum atomic E-state index is 10.9. The maximum Gasteiger partial charge on any atom is 0.335 e. The predicted molar refractivity (Wildman–Crippen MR) is 64.7 cm³/mol. The molecule has 2 aromatic rings. The van der Waals surface area contributed by atoms with E-state index >= 15 is 0 Å². The van der Waals surface area contributed by atoms with Crippen molar-refractivity contribution < 1.29 is 9.90 Å². The largest absolute Gasteiger partial charge is 0.478 e. The smallest absolute Gasteiger partial charge is 0.335 e. The van der Waals surface area contributed by atoms with Crippen molar-refractivity contribution in [3.63, 3.8) is 0 Å². The zero-order valence-electron chi connectivity index (χ0n) is 10.1. The molecule has 0 aliphatic carbocycles. The lowest BCUT2D eigenvalue weighted by Crippen LogP contribution is -2.02. The molecule has 0 bridgehead atoms. The highest BCUT2D eigenvalue weighted by Gasteiger charge is 2.09. The minimum Gasteiger partial charge on any atom is -0.478 e. The minimum absolute atomic E-state index is 0.306. The molecule has 0 saturated heterocycles. The SMILES string of the molecule is Cc1cn(-c2ccc(C(=O)O)cc2C)c(C)n1. The Morgan fingerprint density at radius 1 is 1.29 bits per heavy atom. The van der Waals surface area contributed by atoms with Gasteiger partial charge in [-0.05, 0) is 44.5 Å². The zero-order valence-corrected chi connectivity index (χ0v) is 10.1. The topological polar surface area (TPSA) is 55.1 Å². The molecule has 0 fully saturated rings. The molecule has 4 heteroatoms. The van der Waals surface area contributed by atoms with Gasteiger partial charge in [0.25, 0.3) is 0 Å². The Hall–Kier alpha value is -2.10. The molecule has 0 radical (unpaired) electrons. The Balaban J connectivity index is 2.54. The van der Waals surface area contributed by atoms with Crippen LogP contribution < -0.4 is 0 Å². The van der Waals surface area contributed by atoms with Gasteiger partial charge in [-0.1, -0.05) is 0 Å². The van der Waals surface area contributed by atoms with Crippen LogP contribution in [0.5, 0.6) is 0 Å². The summed E-state index contributed by atoms with van der Waals surface area (Å²) in [7, 11) is 0. The second-order valence-corrected chi connectivity index (χ2v) is 4.11. The summed E-state index contributed by atoms with van der Waals surface area (Å²) in [5.74, 6) is -0.00754. The van der Waals surface area contributed by atoms with Crippen molar-refractivity contribution in [2.75, 3.05) is 0 Å². The molecular formula is C13H14N2O2. The lowest BCUT2D eigenvalue weighted by atomic mass is 10.1. The van der Waals surface area contributed by atoms with Crippen LogP contribution >= 0.6 is 0 Å². The molecule has 17 heavy (non-hydrogen) atoms. The van der Waals surface area contributed by atoms with Crippen molar-refractivity contribution in [3.05, 3.63) is 47.0 Å². The number of rotatable bonds is 2. The molecule has 1 aromatic carbocycles.